The van der Waals surface area contributed by atoms with Gasteiger partial charge in [-0.15, -0.1) is 0 Å². The van der Waals surface area contributed by atoms with E-state index in [0.717, 1.165) is 5.56 Å². The number of nitrogens with zero attached hydrogens (tertiary/aromatic N) is 2. The van der Waals surface area contributed by atoms with E-state index in [9.17, 15) is 15.7 Å². The number of nitriles is 2. The number of benzene rings is 1. The van der Waals surface area contributed by atoms with Crippen LogP contribution in [0.25, 0.3) is 0 Å². The summed E-state index contributed by atoms with van der Waals surface area (Å²) >= 11 is 0. The van der Waals surface area contributed by atoms with Gasteiger partial charge >= 0.3 is 0 Å². The molecule has 1 aromatic rings. The third-order valence-electron chi connectivity index (χ3n) is 3.65. The zero-order chi connectivity index (χ0) is 17.0. The molecular weight excluding hydrogens is 296 g/mol. The Kier molecular flexibility index (Phi) is 5.12. The van der Waals surface area contributed by atoms with Crippen LogP contribution in [0.1, 0.15) is 30.9 Å². The molecule has 118 valence electrons. The molecule has 0 radical (unpaired) electrons. The molecule has 0 spiro atoms. The summed E-state index contributed by atoms with van der Waals surface area (Å²) in [7, 11) is 0. The maximum Gasteiger partial charge on any atom is 0.136 e. The first-order valence-corrected chi connectivity index (χ1v) is 6.91. The Morgan fingerprint density at radius 1 is 1.26 bits per heavy atom. The lowest BCUT2D eigenvalue weighted by Crippen LogP contribution is -3.03. The smallest absolute Gasteiger partial charge is 0.136 e. The lowest BCUT2D eigenvalue weighted by atomic mass is 9.81. The number of nitrogens with one attached hydrogen (secondary N) is 2. The quantitative estimate of drug-likeness (QED) is 0.719. The van der Waals surface area contributed by atoms with Crippen molar-refractivity contribution in [2.24, 2.45) is 0 Å². The SMILES string of the molecule is CC1=C(C#N)C(c2cccc(CO[NH+]([O-])O)c2)C(C#N)=C(C)N1. The van der Waals surface area contributed by atoms with Crippen molar-refractivity contribution in [3.05, 3.63) is 63.1 Å². The number of dihydropyridines is 1. The van der Waals surface area contributed by atoms with E-state index in [1.165, 1.54) is 0 Å². The van der Waals surface area contributed by atoms with E-state index < -0.39 is 11.3 Å². The minimum Gasteiger partial charge on any atom is -0.566 e. The van der Waals surface area contributed by atoms with Gasteiger partial charge in [-0.05, 0) is 25.0 Å². The van der Waals surface area contributed by atoms with Gasteiger partial charge in [-0.1, -0.05) is 29.7 Å². The normalized spacial score (nSPS) is 16.6. The summed E-state index contributed by atoms with van der Waals surface area (Å²) < 4.78 is 0. The Morgan fingerprint density at radius 2 is 1.87 bits per heavy atom. The molecule has 0 saturated heterocycles. The molecule has 1 aliphatic rings. The highest BCUT2D eigenvalue weighted by atomic mass is 17.1. The van der Waals surface area contributed by atoms with Crippen LogP contribution in [-0.2, 0) is 11.4 Å². The van der Waals surface area contributed by atoms with Crippen LogP contribution in [0.15, 0.2) is 46.8 Å². The van der Waals surface area contributed by atoms with Crippen molar-refractivity contribution in [3.8, 4) is 12.1 Å². The maximum absolute atomic E-state index is 10.5. The molecule has 23 heavy (non-hydrogen) atoms. The fraction of sp³-hybridized carbons (Fsp3) is 0.250. The van der Waals surface area contributed by atoms with Gasteiger partial charge in [0, 0.05) is 11.4 Å². The molecule has 1 aromatic carbocycles. The van der Waals surface area contributed by atoms with Crippen molar-refractivity contribution in [1.82, 2.24) is 5.32 Å². The minimum atomic E-state index is -1.35. The van der Waals surface area contributed by atoms with Crippen LogP contribution in [0.3, 0.4) is 0 Å². The largest absolute Gasteiger partial charge is 0.566 e. The van der Waals surface area contributed by atoms with Crippen molar-refractivity contribution in [2.75, 3.05) is 0 Å². The molecular formula is C16H16N4O3. The van der Waals surface area contributed by atoms with Gasteiger partial charge in [0.05, 0.1) is 29.2 Å². The van der Waals surface area contributed by atoms with E-state index in [1.807, 2.05) is 6.07 Å². The molecule has 3 N–H and O–H groups in total. The summed E-state index contributed by atoms with van der Waals surface area (Å²) in [4.78, 5) is 4.57. The monoisotopic (exact) mass is 312 g/mol. The molecule has 1 heterocycles. The average molecular weight is 312 g/mol. The Balaban J connectivity index is 2.45. The van der Waals surface area contributed by atoms with Crippen LogP contribution in [0.4, 0.5) is 0 Å². The second-order valence-electron chi connectivity index (χ2n) is 5.16. The number of hydrogen-bond acceptors (Lipinski definition) is 6. The summed E-state index contributed by atoms with van der Waals surface area (Å²) in [6.45, 7) is 3.50. The zero-order valence-electron chi connectivity index (χ0n) is 12.8. The molecule has 7 heteroatoms. The fourth-order valence-electron chi connectivity index (χ4n) is 2.63. The van der Waals surface area contributed by atoms with Crippen LogP contribution >= 0.6 is 0 Å². The fourth-order valence-corrected chi connectivity index (χ4v) is 2.63. The Bertz CT molecular complexity index is 717. The second-order valence-corrected chi connectivity index (χ2v) is 5.16. The first-order chi connectivity index (χ1) is 11.0. The summed E-state index contributed by atoms with van der Waals surface area (Å²) in [5.74, 6) is -0.462. The topological polar surface area (TPSA) is 117 Å². The molecule has 0 bridgehead atoms. The van der Waals surface area contributed by atoms with Gasteiger partial charge in [-0.2, -0.15) is 20.6 Å². The first-order valence-electron chi connectivity index (χ1n) is 6.91. The van der Waals surface area contributed by atoms with Crippen molar-refractivity contribution in [3.63, 3.8) is 0 Å². The Labute approximate surface area is 133 Å². The summed E-state index contributed by atoms with van der Waals surface area (Å²) in [6, 6.07) is 11.4. The third-order valence-corrected chi connectivity index (χ3v) is 3.65. The van der Waals surface area contributed by atoms with Crippen LogP contribution in [0, 0.1) is 27.9 Å². The Morgan fingerprint density at radius 3 is 2.39 bits per heavy atom. The molecule has 0 saturated carbocycles. The van der Waals surface area contributed by atoms with Gasteiger partial charge in [-0.3, -0.25) is 0 Å². The highest BCUT2D eigenvalue weighted by Crippen LogP contribution is 2.37. The Hall–Kier alpha value is -2.68. The highest BCUT2D eigenvalue weighted by molar-refractivity contribution is 5.55. The zero-order valence-corrected chi connectivity index (χ0v) is 12.8. The maximum atomic E-state index is 10.5. The van der Waals surface area contributed by atoms with Gasteiger partial charge < -0.3 is 10.5 Å². The molecule has 0 aliphatic carbocycles. The molecule has 0 fully saturated rings. The summed E-state index contributed by atoms with van der Waals surface area (Å²) in [5, 5.41) is 39.7. The predicted molar refractivity (Wildman–Crippen MR) is 79.8 cm³/mol. The van der Waals surface area contributed by atoms with E-state index in [1.54, 1.807) is 32.0 Å². The predicted octanol–water partition coefficient (Wildman–Crippen LogP) is 1.17. The van der Waals surface area contributed by atoms with Gasteiger partial charge in [0.25, 0.3) is 0 Å². The highest BCUT2D eigenvalue weighted by Gasteiger charge is 2.29. The average Bonchev–Trinajstić information content (AvgIpc) is 2.52. The molecule has 1 atom stereocenters. The van der Waals surface area contributed by atoms with Crippen LogP contribution in [-0.4, -0.2) is 5.21 Å². The molecule has 0 amide bonds. The van der Waals surface area contributed by atoms with Gasteiger partial charge in [0.2, 0.25) is 0 Å². The van der Waals surface area contributed by atoms with E-state index in [2.05, 4.69) is 22.3 Å². The van der Waals surface area contributed by atoms with Crippen LogP contribution in [0.2, 0.25) is 0 Å². The van der Waals surface area contributed by atoms with Crippen LogP contribution < -0.4 is 10.7 Å². The van der Waals surface area contributed by atoms with E-state index in [-0.39, 0.29) is 6.61 Å². The van der Waals surface area contributed by atoms with E-state index in [4.69, 9.17) is 5.21 Å². The second kappa shape index (κ2) is 7.05. The molecule has 1 aliphatic heterocycles. The van der Waals surface area contributed by atoms with Crippen molar-refractivity contribution >= 4 is 0 Å². The van der Waals surface area contributed by atoms with Crippen molar-refractivity contribution in [2.45, 2.75) is 26.4 Å². The number of rotatable bonds is 4. The van der Waals surface area contributed by atoms with E-state index in [0.29, 0.717) is 28.1 Å². The molecule has 0 aromatic heterocycles. The molecule has 7 nitrogen and oxygen atoms in total. The van der Waals surface area contributed by atoms with Crippen LogP contribution in [0.5, 0.6) is 0 Å². The number of hydrogen-bond donors (Lipinski definition) is 3. The number of quaternary nitrogens is 1. The molecule has 1 unspecified atom stereocenters. The standard InChI is InChI=1S/C16H16N4O3/c1-10-14(7-17)16(15(8-18)11(2)19-10)13-5-3-4-12(6-13)9-23-20(21)22/h3-6,16,19-21H,9H2,1-2H3. The lowest BCUT2D eigenvalue weighted by Gasteiger charge is -2.26. The van der Waals surface area contributed by atoms with Gasteiger partial charge in [-0.25, -0.2) is 0 Å². The summed E-state index contributed by atoms with van der Waals surface area (Å²) in [5.41, 5.74) is 3.78. The van der Waals surface area contributed by atoms with Crippen molar-refractivity contribution in [1.29, 1.82) is 10.5 Å². The summed E-state index contributed by atoms with van der Waals surface area (Å²) in [6.07, 6.45) is 0. The van der Waals surface area contributed by atoms with E-state index >= 15 is 0 Å². The minimum absolute atomic E-state index is 0.0800. The first kappa shape index (κ1) is 16.7. The number of allylic oxidation sites excluding steroid dienone is 4. The van der Waals surface area contributed by atoms with Gasteiger partial charge in [0.1, 0.15) is 6.61 Å². The van der Waals surface area contributed by atoms with Crippen molar-refractivity contribution < 1.29 is 15.4 Å². The van der Waals surface area contributed by atoms with Gasteiger partial charge in [0.15, 0.2) is 0 Å². The lowest BCUT2D eigenvalue weighted by molar-refractivity contribution is -1.21. The third kappa shape index (κ3) is 3.57. The molecule has 2 rings (SSSR count).